The Bertz CT molecular complexity index is 936. The third-order valence-corrected chi connectivity index (χ3v) is 6.29. The molecule has 5 nitrogen and oxygen atoms in total. The van der Waals surface area contributed by atoms with Crippen molar-refractivity contribution >= 4 is 29.2 Å². The van der Waals surface area contributed by atoms with Gasteiger partial charge in [-0.25, -0.2) is 0 Å². The van der Waals surface area contributed by atoms with E-state index in [2.05, 4.69) is 26.9 Å². The van der Waals surface area contributed by atoms with E-state index in [0.717, 1.165) is 68.1 Å². The highest BCUT2D eigenvalue weighted by Gasteiger charge is 2.26. The van der Waals surface area contributed by atoms with Crippen LogP contribution in [0.3, 0.4) is 0 Å². The fourth-order valence-electron chi connectivity index (χ4n) is 4.45. The highest BCUT2D eigenvalue weighted by molar-refractivity contribution is 6.30. The fourth-order valence-corrected chi connectivity index (χ4v) is 4.63. The number of aliphatic hydroxyl groups is 1. The molecule has 30 heavy (non-hydrogen) atoms. The first-order valence-corrected chi connectivity index (χ1v) is 10.8. The Labute approximate surface area is 183 Å². The van der Waals surface area contributed by atoms with Crippen LogP contribution in [0, 0.1) is 0 Å². The second kappa shape index (κ2) is 9.54. The average Bonchev–Trinajstić information content (AvgIpc) is 2.78. The molecule has 1 fully saturated rings. The molecule has 6 heteroatoms. The molecule has 0 spiro atoms. The minimum absolute atomic E-state index is 0.488. The third kappa shape index (κ3) is 4.47. The number of benzene rings is 2. The smallest absolute Gasteiger partial charge is 0.146 e. The molecule has 2 heterocycles. The zero-order valence-electron chi connectivity index (χ0n) is 17.3. The van der Waals surface area contributed by atoms with E-state index in [-0.39, 0.29) is 0 Å². The molecular weight excluding hydrogens is 398 g/mol. The van der Waals surface area contributed by atoms with E-state index in [9.17, 15) is 5.11 Å². The Morgan fingerprint density at radius 1 is 1.17 bits per heavy atom. The molecule has 2 aromatic rings. The third-order valence-electron chi connectivity index (χ3n) is 6.05. The number of piperidine rings is 1. The SMILES string of the molecule is CN=C1COc2ccccc2N1CCN1CCC(c2ccc(Cl)cc2C=CO)CC1. The molecule has 4 rings (SSSR count). The summed E-state index contributed by atoms with van der Waals surface area (Å²) in [6.07, 6.45) is 5.02. The number of halogens is 1. The van der Waals surface area contributed by atoms with Crippen molar-refractivity contribution in [3.8, 4) is 5.75 Å². The van der Waals surface area contributed by atoms with Gasteiger partial charge in [-0.2, -0.15) is 0 Å². The van der Waals surface area contributed by atoms with Gasteiger partial charge in [0.2, 0.25) is 0 Å². The predicted molar refractivity (Wildman–Crippen MR) is 124 cm³/mol. The fraction of sp³-hybridized carbons (Fsp3) is 0.375. The summed E-state index contributed by atoms with van der Waals surface area (Å²) in [5, 5.41) is 9.92. The normalized spacial score (nSPS) is 19.3. The van der Waals surface area contributed by atoms with Crippen LogP contribution in [0.25, 0.3) is 6.08 Å². The number of rotatable bonds is 5. The van der Waals surface area contributed by atoms with Crippen molar-refractivity contribution in [3.05, 3.63) is 64.9 Å². The monoisotopic (exact) mass is 425 g/mol. The summed E-state index contributed by atoms with van der Waals surface area (Å²) < 4.78 is 5.83. The molecule has 2 aliphatic heterocycles. The summed E-state index contributed by atoms with van der Waals surface area (Å²) in [5.74, 6) is 2.39. The molecule has 0 saturated carbocycles. The Morgan fingerprint density at radius 2 is 1.97 bits per heavy atom. The lowest BCUT2D eigenvalue weighted by molar-refractivity contribution is 0.217. The average molecular weight is 426 g/mol. The predicted octanol–water partition coefficient (Wildman–Crippen LogP) is 4.98. The number of hydrogen-bond acceptors (Lipinski definition) is 4. The number of aliphatic hydroxyl groups excluding tert-OH is 1. The van der Waals surface area contributed by atoms with Gasteiger partial charge in [-0.1, -0.05) is 29.8 Å². The number of para-hydroxylation sites is 2. The van der Waals surface area contributed by atoms with E-state index in [1.165, 1.54) is 5.56 Å². The zero-order chi connectivity index (χ0) is 20.9. The van der Waals surface area contributed by atoms with E-state index in [1.54, 1.807) is 6.08 Å². The molecule has 2 aliphatic rings. The maximum absolute atomic E-state index is 9.23. The van der Waals surface area contributed by atoms with Crippen LogP contribution < -0.4 is 9.64 Å². The standard InChI is InChI=1S/C24H28ClN3O2/c1-26-24-17-30-23-5-3-2-4-22(23)28(24)14-13-27-11-8-18(9-12-27)21-7-6-20(25)16-19(21)10-15-29/h2-7,10,15-16,18,29H,8-9,11-14,17H2,1H3. The first-order valence-electron chi connectivity index (χ1n) is 10.5. The van der Waals surface area contributed by atoms with Gasteiger partial charge < -0.3 is 19.6 Å². The molecule has 0 atom stereocenters. The van der Waals surface area contributed by atoms with Gasteiger partial charge in [0.1, 0.15) is 18.2 Å². The Hall–Kier alpha value is -2.50. The molecular formula is C24H28ClN3O2. The van der Waals surface area contributed by atoms with Crippen molar-refractivity contribution < 1.29 is 9.84 Å². The lowest BCUT2D eigenvalue weighted by Crippen LogP contribution is -2.45. The second-order valence-corrected chi connectivity index (χ2v) is 8.19. The number of nitrogens with zero attached hydrogens (tertiary/aromatic N) is 3. The highest BCUT2D eigenvalue weighted by atomic mass is 35.5. The molecule has 0 radical (unpaired) electrons. The molecule has 1 N–H and O–H groups in total. The van der Waals surface area contributed by atoms with Crippen molar-refractivity contribution in [2.45, 2.75) is 18.8 Å². The van der Waals surface area contributed by atoms with Gasteiger partial charge in [0.25, 0.3) is 0 Å². The van der Waals surface area contributed by atoms with Crippen LogP contribution >= 0.6 is 11.6 Å². The van der Waals surface area contributed by atoms with E-state index in [4.69, 9.17) is 16.3 Å². The van der Waals surface area contributed by atoms with Crippen LogP contribution in [0.15, 0.2) is 53.7 Å². The van der Waals surface area contributed by atoms with Gasteiger partial charge >= 0.3 is 0 Å². The largest absolute Gasteiger partial charge is 0.516 e. The molecule has 2 aromatic carbocycles. The summed E-state index contributed by atoms with van der Waals surface area (Å²) in [7, 11) is 1.83. The number of likely N-dealkylation sites (tertiary alicyclic amines) is 1. The van der Waals surface area contributed by atoms with Crippen LogP contribution in [0.2, 0.25) is 5.02 Å². The Kier molecular flexibility index (Phi) is 6.60. The lowest BCUT2D eigenvalue weighted by atomic mass is 9.86. The molecule has 0 amide bonds. The first kappa shape index (κ1) is 20.8. The first-order chi connectivity index (χ1) is 14.7. The van der Waals surface area contributed by atoms with E-state index in [1.807, 2.05) is 37.4 Å². The number of fused-ring (bicyclic) bond motifs is 1. The van der Waals surface area contributed by atoms with Crippen LogP contribution in [0.1, 0.15) is 29.9 Å². The molecule has 0 unspecified atom stereocenters. The quantitative estimate of drug-likeness (QED) is 0.686. The molecule has 158 valence electrons. The van der Waals surface area contributed by atoms with Crippen LogP contribution in [0.5, 0.6) is 5.75 Å². The maximum atomic E-state index is 9.23. The summed E-state index contributed by atoms with van der Waals surface area (Å²) in [6, 6.07) is 14.1. The van der Waals surface area contributed by atoms with Crippen molar-refractivity contribution in [1.82, 2.24) is 4.90 Å². The van der Waals surface area contributed by atoms with Crippen molar-refractivity contribution in [1.29, 1.82) is 0 Å². The highest BCUT2D eigenvalue weighted by Crippen LogP contribution is 2.34. The van der Waals surface area contributed by atoms with Crippen LogP contribution in [0.4, 0.5) is 5.69 Å². The number of amidine groups is 1. The zero-order valence-corrected chi connectivity index (χ0v) is 18.1. The summed E-state index contributed by atoms with van der Waals surface area (Å²) in [4.78, 5) is 9.25. The summed E-state index contributed by atoms with van der Waals surface area (Å²) in [6.45, 7) is 4.52. The van der Waals surface area contributed by atoms with E-state index < -0.39 is 0 Å². The molecule has 0 aromatic heterocycles. The Balaban J connectivity index is 1.38. The van der Waals surface area contributed by atoms with E-state index in [0.29, 0.717) is 17.5 Å². The lowest BCUT2D eigenvalue weighted by Gasteiger charge is -2.36. The van der Waals surface area contributed by atoms with Gasteiger partial charge in [-0.3, -0.25) is 4.99 Å². The number of anilines is 1. The van der Waals surface area contributed by atoms with Gasteiger partial charge in [-0.05, 0) is 73.3 Å². The number of hydrogen-bond donors (Lipinski definition) is 1. The van der Waals surface area contributed by atoms with Crippen LogP contribution in [-0.2, 0) is 0 Å². The number of aliphatic imine (C=N–C) groups is 1. The van der Waals surface area contributed by atoms with Gasteiger partial charge in [-0.15, -0.1) is 0 Å². The minimum atomic E-state index is 0.488. The van der Waals surface area contributed by atoms with Crippen molar-refractivity contribution in [2.24, 2.45) is 4.99 Å². The minimum Gasteiger partial charge on any atom is -0.516 e. The molecule has 0 aliphatic carbocycles. The molecule has 1 saturated heterocycles. The van der Waals surface area contributed by atoms with E-state index >= 15 is 0 Å². The summed E-state index contributed by atoms with van der Waals surface area (Å²) in [5.41, 5.74) is 3.38. The summed E-state index contributed by atoms with van der Waals surface area (Å²) >= 11 is 6.14. The second-order valence-electron chi connectivity index (χ2n) is 7.75. The maximum Gasteiger partial charge on any atom is 0.146 e. The number of ether oxygens (including phenoxy) is 1. The van der Waals surface area contributed by atoms with Gasteiger partial charge in [0.15, 0.2) is 0 Å². The molecule has 0 bridgehead atoms. The van der Waals surface area contributed by atoms with Gasteiger partial charge in [0, 0.05) is 25.2 Å². The van der Waals surface area contributed by atoms with Crippen molar-refractivity contribution in [3.63, 3.8) is 0 Å². The van der Waals surface area contributed by atoms with Gasteiger partial charge in [0.05, 0.1) is 11.9 Å². The Morgan fingerprint density at radius 3 is 2.73 bits per heavy atom. The van der Waals surface area contributed by atoms with Crippen molar-refractivity contribution in [2.75, 3.05) is 44.7 Å². The van der Waals surface area contributed by atoms with Crippen LogP contribution in [-0.4, -0.2) is 55.7 Å². The topological polar surface area (TPSA) is 48.3 Å².